The van der Waals surface area contributed by atoms with Crippen LogP contribution in [0, 0.1) is 5.82 Å². The number of hydrogen-bond acceptors (Lipinski definition) is 9. The summed E-state index contributed by atoms with van der Waals surface area (Å²) in [6.07, 6.45) is -3.68. The van der Waals surface area contributed by atoms with Crippen LogP contribution in [0.1, 0.15) is 38.2 Å². The van der Waals surface area contributed by atoms with Crippen LogP contribution in [0.4, 0.5) is 33.5 Å². The van der Waals surface area contributed by atoms with Gasteiger partial charge in [0.2, 0.25) is 5.88 Å². The number of ether oxygens (including phenoxy) is 2. The molecule has 42 heavy (non-hydrogen) atoms. The maximum Gasteiger partial charge on any atom is 0.417 e. The molecule has 14 heteroatoms. The summed E-state index contributed by atoms with van der Waals surface area (Å²) in [6, 6.07) is 2.74. The van der Waals surface area contributed by atoms with Crippen LogP contribution in [0.15, 0.2) is 18.2 Å². The Morgan fingerprint density at radius 3 is 2.83 bits per heavy atom. The summed E-state index contributed by atoms with van der Waals surface area (Å²) in [4.78, 5) is 15.2. The normalized spacial score (nSPS) is 25.0. The maximum atomic E-state index is 16.4. The van der Waals surface area contributed by atoms with Crippen molar-refractivity contribution < 1.29 is 31.4 Å². The highest BCUT2D eigenvalue weighted by molar-refractivity contribution is 5.96. The SMILES string of the molecule is C[C@H]1CCNCCNc2nc(OC[C@@]34CCCN3C[C@H](F)C4)nc3c(F)c(-c4cc(N)ccc4C(F)(F)F)nc(c23)O1. The number of alkyl halides is 4. The molecular weight excluding hydrogens is 561 g/mol. The van der Waals surface area contributed by atoms with E-state index in [1.807, 2.05) is 0 Å². The van der Waals surface area contributed by atoms with Gasteiger partial charge in [-0.1, -0.05) is 0 Å². The van der Waals surface area contributed by atoms with E-state index in [9.17, 15) is 17.6 Å². The highest BCUT2D eigenvalue weighted by Crippen LogP contribution is 2.43. The first kappa shape index (κ1) is 28.6. The van der Waals surface area contributed by atoms with Crippen molar-refractivity contribution in [3.63, 3.8) is 0 Å². The van der Waals surface area contributed by atoms with Crippen molar-refractivity contribution in [1.29, 1.82) is 0 Å². The molecule has 0 unspecified atom stereocenters. The molecule has 3 atom stereocenters. The van der Waals surface area contributed by atoms with E-state index in [0.717, 1.165) is 37.6 Å². The van der Waals surface area contributed by atoms with Crippen molar-refractivity contribution in [2.75, 3.05) is 50.4 Å². The Morgan fingerprint density at radius 1 is 1.19 bits per heavy atom. The monoisotopic (exact) mass is 593 g/mol. The van der Waals surface area contributed by atoms with E-state index in [4.69, 9.17) is 15.2 Å². The molecule has 1 aromatic carbocycles. The predicted molar refractivity (Wildman–Crippen MR) is 147 cm³/mol. The van der Waals surface area contributed by atoms with Crippen LogP contribution in [-0.2, 0) is 6.18 Å². The highest BCUT2D eigenvalue weighted by atomic mass is 19.4. The van der Waals surface area contributed by atoms with E-state index in [1.54, 1.807) is 6.92 Å². The van der Waals surface area contributed by atoms with Crippen molar-refractivity contribution in [3.05, 3.63) is 29.6 Å². The summed E-state index contributed by atoms with van der Waals surface area (Å²) in [6.45, 7) is 4.53. The molecule has 3 aliphatic rings. The van der Waals surface area contributed by atoms with Gasteiger partial charge in [0.1, 0.15) is 35.2 Å². The van der Waals surface area contributed by atoms with Gasteiger partial charge in [-0.25, -0.2) is 13.8 Å². The largest absolute Gasteiger partial charge is 0.474 e. The van der Waals surface area contributed by atoms with Crippen molar-refractivity contribution >= 4 is 22.4 Å². The van der Waals surface area contributed by atoms with Gasteiger partial charge in [-0.15, -0.1) is 0 Å². The van der Waals surface area contributed by atoms with E-state index < -0.39 is 46.6 Å². The number of benzene rings is 1. The number of nitrogens with two attached hydrogens (primary N) is 1. The Morgan fingerprint density at radius 2 is 2.02 bits per heavy atom. The first-order valence-corrected chi connectivity index (χ1v) is 14.1. The highest BCUT2D eigenvalue weighted by Gasteiger charge is 2.49. The summed E-state index contributed by atoms with van der Waals surface area (Å²) < 4.78 is 84.9. The van der Waals surface area contributed by atoms with E-state index in [0.29, 0.717) is 39.0 Å². The van der Waals surface area contributed by atoms with Crippen LogP contribution in [0.25, 0.3) is 22.2 Å². The smallest absolute Gasteiger partial charge is 0.417 e. The molecule has 0 aliphatic carbocycles. The Hall–Kier alpha value is -3.52. The lowest BCUT2D eigenvalue weighted by molar-refractivity contribution is -0.137. The Bertz CT molecular complexity index is 1490. The van der Waals surface area contributed by atoms with Crippen LogP contribution < -0.4 is 25.8 Å². The average Bonchev–Trinajstić information content (AvgIpc) is 3.44. The number of hydrogen-bond donors (Lipinski definition) is 3. The van der Waals surface area contributed by atoms with Crippen LogP contribution in [0.2, 0.25) is 0 Å². The zero-order valence-corrected chi connectivity index (χ0v) is 23.0. The van der Waals surface area contributed by atoms with E-state index in [-0.39, 0.29) is 40.9 Å². The lowest BCUT2D eigenvalue weighted by atomic mass is 9.95. The minimum Gasteiger partial charge on any atom is -0.474 e. The lowest BCUT2D eigenvalue weighted by Crippen LogP contribution is -2.43. The first-order valence-electron chi connectivity index (χ1n) is 14.1. The topological polar surface area (TPSA) is 110 Å². The van der Waals surface area contributed by atoms with Crippen molar-refractivity contribution in [1.82, 2.24) is 25.2 Å². The van der Waals surface area contributed by atoms with Gasteiger partial charge in [-0.05, 0) is 57.5 Å². The summed E-state index contributed by atoms with van der Waals surface area (Å²) in [5.41, 5.74) is 2.76. The van der Waals surface area contributed by atoms with Gasteiger partial charge in [0.15, 0.2) is 5.82 Å². The second-order valence-corrected chi connectivity index (χ2v) is 11.2. The standard InChI is InChI=1S/C28H32F5N7O2/c1-15-5-7-35-8-9-36-24-20-23(38-26(39-24)41-14-27-6-2-10-40(27)13-16(29)12-27)21(30)22(37-25(20)42-15)18-11-17(34)3-4-19(18)28(31,32)33/h3-4,11,15-16,35H,2,5-10,12-14,34H2,1H3,(H,36,38,39)/t15-,16+,27-/m0/s1. The zero-order chi connectivity index (χ0) is 29.6. The van der Waals surface area contributed by atoms with Gasteiger partial charge in [0.05, 0.1) is 17.2 Å². The number of fused-ring (bicyclic) bond motifs is 1. The molecule has 2 saturated heterocycles. The van der Waals surface area contributed by atoms with Crippen molar-refractivity contribution in [3.8, 4) is 23.1 Å². The average molecular weight is 594 g/mol. The fourth-order valence-electron chi connectivity index (χ4n) is 6.18. The zero-order valence-electron chi connectivity index (χ0n) is 23.0. The van der Waals surface area contributed by atoms with E-state index in [1.165, 1.54) is 0 Å². The molecule has 0 radical (unpaired) electrons. The lowest BCUT2D eigenvalue weighted by Gasteiger charge is -2.30. The fourth-order valence-corrected chi connectivity index (χ4v) is 6.18. The molecule has 5 heterocycles. The molecule has 4 N–H and O–H groups in total. The number of anilines is 2. The Balaban J connectivity index is 1.51. The van der Waals surface area contributed by atoms with Gasteiger partial charge in [0, 0.05) is 37.3 Å². The minimum atomic E-state index is -4.81. The molecule has 0 spiro atoms. The van der Waals surface area contributed by atoms with Gasteiger partial charge < -0.3 is 25.8 Å². The van der Waals surface area contributed by atoms with E-state index >= 15 is 4.39 Å². The van der Waals surface area contributed by atoms with Crippen LogP contribution in [0.5, 0.6) is 11.9 Å². The summed E-state index contributed by atoms with van der Waals surface area (Å²) in [7, 11) is 0. The molecule has 2 fully saturated rings. The molecule has 0 amide bonds. The molecule has 0 bridgehead atoms. The number of halogens is 5. The number of nitrogen functional groups attached to an aromatic ring is 1. The third kappa shape index (κ3) is 5.37. The number of nitrogens with zero attached hydrogens (tertiary/aromatic N) is 4. The van der Waals surface area contributed by atoms with E-state index in [2.05, 4.69) is 30.5 Å². The first-order chi connectivity index (χ1) is 20.0. The molecule has 3 aliphatic heterocycles. The molecule has 0 saturated carbocycles. The van der Waals surface area contributed by atoms with Gasteiger partial charge in [-0.2, -0.15) is 23.1 Å². The summed E-state index contributed by atoms with van der Waals surface area (Å²) in [5, 5.41) is 6.49. The second kappa shape index (κ2) is 11.0. The molecule has 226 valence electrons. The molecule has 9 nitrogen and oxygen atoms in total. The number of rotatable bonds is 4. The number of aromatic nitrogens is 3. The van der Waals surface area contributed by atoms with Crippen molar-refractivity contribution in [2.45, 2.75) is 56.6 Å². The molecule has 2 aromatic heterocycles. The summed E-state index contributed by atoms with van der Waals surface area (Å²) in [5.74, 6) is -1.05. The predicted octanol–water partition coefficient (Wildman–Crippen LogP) is 4.56. The van der Waals surface area contributed by atoms with Gasteiger partial charge >= 0.3 is 12.2 Å². The van der Waals surface area contributed by atoms with Crippen molar-refractivity contribution in [2.24, 2.45) is 0 Å². The number of pyridine rings is 1. The fraction of sp³-hybridized carbons (Fsp3) is 0.536. The molecule has 6 rings (SSSR count). The summed E-state index contributed by atoms with van der Waals surface area (Å²) >= 11 is 0. The van der Waals surface area contributed by atoms with Crippen LogP contribution in [-0.4, -0.2) is 77.0 Å². The molecule has 3 aromatic rings. The molecular formula is C28H32F5N7O2. The number of nitrogens with one attached hydrogen (secondary N) is 2. The minimum absolute atomic E-state index is 0.00395. The third-order valence-electron chi connectivity index (χ3n) is 8.20. The maximum absolute atomic E-state index is 16.4. The third-order valence-corrected chi connectivity index (χ3v) is 8.20. The quantitative estimate of drug-likeness (QED) is 0.296. The Kier molecular flexibility index (Phi) is 7.46. The van der Waals surface area contributed by atoms with Crippen LogP contribution >= 0.6 is 0 Å². The van der Waals surface area contributed by atoms with Gasteiger partial charge in [0.25, 0.3) is 0 Å². The Labute approximate surface area is 239 Å². The van der Waals surface area contributed by atoms with Crippen LogP contribution in [0.3, 0.4) is 0 Å². The van der Waals surface area contributed by atoms with Gasteiger partial charge in [-0.3, -0.25) is 4.90 Å². The second-order valence-electron chi connectivity index (χ2n) is 11.2.